The van der Waals surface area contributed by atoms with Crippen molar-refractivity contribution >= 4 is 0 Å². The van der Waals surface area contributed by atoms with Crippen molar-refractivity contribution in [1.29, 1.82) is 0 Å². The van der Waals surface area contributed by atoms with E-state index in [1.807, 2.05) is 12.2 Å². The van der Waals surface area contributed by atoms with Gasteiger partial charge < -0.3 is 10.1 Å². The quantitative estimate of drug-likeness (QED) is 0.502. The molecule has 0 aliphatic carbocycles. The van der Waals surface area contributed by atoms with E-state index in [1.165, 1.54) is 25.9 Å². The molecule has 0 amide bonds. The third kappa shape index (κ3) is 5.29. The van der Waals surface area contributed by atoms with Crippen molar-refractivity contribution in [3.8, 4) is 0 Å². The highest BCUT2D eigenvalue weighted by molar-refractivity contribution is 5.21. The number of allylic oxidation sites excluding steroid dienone is 2. The molecule has 1 N–H and O–H groups in total. The summed E-state index contributed by atoms with van der Waals surface area (Å²) >= 11 is 0. The molecule has 90 valence electrons. The first-order valence-corrected chi connectivity index (χ1v) is 6.09. The first-order chi connectivity index (χ1) is 7.86. The van der Waals surface area contributed by atoms with Crippen LogP contribution >= 0.6 is 0 Å². The molecule has 1 fully saturated rings. The molecule has 1 heterocycles. The zero-order valence-corrected chi connectivity index (χ0v) is 10.1. The molecule has 1 atom stereocenters. The summed E-state index contributed by atoms with van der Waals surface area (Å²) in [5.74, 6) is 0.867. The molecule has 1 aliphatic heterocycles. The molecule has 0 bridgehead atoms. The molecule has 2 nitrogen and oxygen atoms in total. The molecule has 0 aromatic heterocycles. The molecule has 1 unspecified atom stereocenters. The maximum absolute atomic E-state index is 5.59. The van der Waals surface area contributed by atoms with Crippen molar-refractivity contribution in [2.45, 2.75) is 19.3 Å². The Hall–Kier alpha value is -0.860. The van der Waals surface area contributed by atoms with Gasteiger partial charge in [0.25, 0.3) is 0 Å². The third-order valence-electron chi connectivity index (χ3n) is 2.93. The van der Waals surface area contributed by atoms with E-state index >= 15 is 0 Å². The van der Waals surface area contributed by atoms with Crippen molar-refractivity contribution in [2.75, 3.05) is 26.3 Å². The highest BCUT2D eigenvalue weighted by Gasteiger charge is 2.13. The monoisotopic (exact) mass is 221 g/mol. The van der Waals surface area contributed by atoms with Gasteiger partial charge in [-0.2, -0.15) is 0 Å². The number of hydrogen-bond donors (Lipinski definition) is 1. The van der Waals surface area contributed by atoms with E-state index < -0.39 is 0 Å². The van der Waals surface area contributed by atoms with E-state index in [0.29, 0.717) is 6.61 Å². The van der Waals surface area contributed by atoms with Crippen molar-refractivity contribution in [3.05, 3.63) is 37.0 Å². The van der Waals surface area contributed by atoms with Crippen molar-refractivity contribution in [2.24, 2.45) is 5.92 Å². The molecule has 0 radical (unpaired) electrons. The Morgan fingerprint density at radius 1 is 1.44 bits per heavy atom. The summed E-state index contributed by atoms with van der Waals surface area (Å²) in [6, 6.07) is 0. The second-order valence-electron chi connectivity index (χ2n) is 4.24. The molecule has 1 saturated heterocycles. The fraction of sp³-hybridized carbons (Fsp3) is 0.571. The van der Waals surface area contributed by atoms with Gasteiger partial charge in [-0.1, -0.05) is 31.4 Å². The Balaban J connectivity index is 2.00. The Labute approximate surface area is 99.1 Å². The van der Waals surface area contributed by atoms with Gasteiger partial charge in [0, 0.05) is 6.61 Å². The van der Waals surface area contributed by atoms with Gasteiger partial charge in [0.15, 0.2) is 0 Å². The van der Waals surface area contributed by atoms with Crippen LogP contribution in [0.5, 0.6) is 0 Å². The van der Waals surface area contributed by atoms with Crippen LogP contribution < -0.4 is 5.32 Å². The van der Waals surface area contributed by atoms with Gasteiger partial charge >= 0.3 is 0 Å². The highest BCUT2D eigenvalue weighted by atomic mass is 16.5. The zero-order chi connectivity index (χ0) is 11.6. The fourth-order valence-electron chi connectivity index (χ4n) is 1.95. The first-order valence-electron chi connectivity index (χ1n) is 6.09. The predicted molar refractivity (Wildman–Crippen MR) is 69.5 cm³/mol. The summed E-state index contributed by atoms with van der Waals surface area (Å²) in [6.07, 6.45) is 9.29. The summed E-state index contributed by atoms with van der Waals surface area (Å²) in [5, 5.41) is 3.38. The minimum absolute atomic E-state index is 0.651. The van der Waals surface area contributed by atoms with Gasteiger partial charge in [-0.25, -0.2) is 0 Å². The molecule has 0 aromatic carbocycles. The SMILES string of the molecule is C=C/C=C(\C=C)COCCCC1CCNC1. The highest BCUT2D eigenvalue weighted by Crippen LogP contribution is 2.14. The van der Waals surface area contributed by atoms with Crippen molar-refractivity contribution in [1.82, 2.24) is 5.32 Å². The maximum Gasteiger partial charge on any atom is 0.0716 e. The Bertz CT molecular complexity index is 239. The summed E-state index contributed by atoms with van der Waals surface area (Å²) in [7, 11) is 0. The summed E-state index contributed by atoms with van der Waals surface area (Å²) < 4.78 is 5.59. The lowest BCUT2D eigenvalue weighted by molar-refractivity contribution is 0.150. The van der Waals surface area contributed by atoms with Gasteiger partial charge in [-0.3, -0.25) is 0 Å². The Morgan fingerprint density at radius 3 is 2.94 bits per heavy atom. The van der Waals surface area contributed by atoms with Crippen LogP contribution in [-0.4, -0.2) is 26.3 Å². The number of ether oxygens (including phenoxy) is 1. The largest absolute Gasteiger partial charge is 0.377 e. The van der Waals surface area contributed by atoms with E-state index in [9.17, 15) is 0 Å². The molecule has 0 aromatic rings. The smallest absolute Gasteiger partial charge is 0.0716 e. The maximum atomic E-state index is 5.59. The lowest BCUT2D eigenvalue weighted by Gasteiger charge is -2.08. The van der Waals surface area contributed by atoms with Gasteiger partial charge in [0.1, 0.15) is 0 Å². The molecule has 16 heavy (non-hydrogen) atoms. The molecule has 1 aliphatic rings. The van der Waals surface area contributed by atoms with Crippen LogP contribution in [0.2, 0.25) is 0 Å². The molecule has 0 spiro atoms. The van der Waals surface area contributed by atoms with Gasteiger partial charge in [0.2, 0.25) is 0 Å². The molecular formula is C14H23NO. The zero-order valence-electron chi connectivity index (χ0n) is 10.1. The van der Waals surface area contributed by atoms with E-state index in [0.717, 1.165) is 24.5 Å². The summed E-state index contributed by atoms with van der Waals surface area (Å²) in [5.41, 5.74) is 1.09. The second-order valence-corrected chi connectivity index (χ2v) is 4.24. The Kier molecular flexibility index (Phi) is 6.86. The minimum atomic E-state index is 0.651. The van der Waals surface area contributed by atoms with Crippen LogP contribution in [0.3, 0.4) is 0 Å². The number of nitrogens with one attached hydrogen (secondary N) is 1. The van der Waals surface area contributed by atoms with E-state index in [-0.39, 0.29) is 0 Å². The second kappa shape index (κ2) is 8.31. The molecule has 2 heteroatoms. The van der Waals surface area contributed by atoms with Gasteiger partial charge in [-0.15, -0.1) is 0 Å². The van der Waals surface area contributed by atoms with Crippen LogP contribution in [0.25, 0.3) is 0 Å². The van der Waals surface area contributed by atoms with Crippen LogP contribution in [0.15, 0.2) is 37.0 Å². The van der Waals surface area contributed by atoms with Crippen LogP contribution in [-0.2, 0) is 4.74 Å². The minimum Gasteiger partial charge on any atom is -0.377 e. The Morgan fingerprint density at radius 2 is 2.31 bits per heavy atom. The normalized spacial score (nSPS) is 21.0. The average Bonchev–Trinajstić information content (AvgIpc) is 2.80. The third-order valence-corrected chi connectivity index (χ3v) is 2.93. The van der Waals surface area contributed by atoms with Crippen molar-refractivity contribution in [3.63, 3.8) is 0 Å². The van der Waals surface area contributed by atoms with Gasteiger partial charge in [-0.05, 0) is 43.8 Å². The molecule has 0 saturated carbocycles. The van der Waals surface area contributed by atoms with Crippen LogP contribution in [0.1, 0.15) is 19.3 Å². The van der Waals surface area contributed by atoms with Crippen LogP contribution in [0, 0.1) is 5.92 Å². The first kappa shape index (κ1) is 13.2. The van der Waals surface area contributed by atoms with E-state index in [2.05, 4.69) is 18.5 Å². The molecular weight excluding hydrogens is 198 g/mol. The number of hydrogen-bond acceptors (Lipinski definition) is 2. The topological polar surface area (TPSA) is 21.3 Å². The lowest BCUT2D eigenvalue weighted by Crippen LogP contribution is -2.09. The van der Waals surface area contributed by atoms with E-state index in [1.54, 1.807) is 6.08 Å². The fourth-order valence-corrected chi connectivity index (χ4v) is 1.95. The van der Waals surface area contributed by atoms with E-state index in [4.69, 9.17) is 4.74 Å². The van der Waals surface area contributed by atoms with Crippen molar-refractivity contribution < 1.29 is 4.74 Å². The number of rotatable bonds is 8. The lowest BCUT2D eigenvalue weighted by atomic mass is 10.0. The van der Waals surface area contributed by atoms with Crippen LogP contribution in [0.4, 0.5) is 0 Å². The summed E-state index contributed by atoms with van der Waals surface area (Å²) in [4.78, 5) is 0. The predicted octanol–water partition coefficient (Wildman–Crippen LogP) is 2.69. The standard InChI is InChI=1S/C14H23NO/c1-3-6-13(4-2)12-16-10-5-7-14-8-9-15-11-14/h3-4,6,14-15H,1-2,5,7-12H2/b13-6+. The summed E-state index contributed by atoms with van der Waals surface area (Å²) in [6.45, 7) is 11.3. The van der Waals surface area contributed by atoms with Gasteiger partial charge in [0.05, 0.1) is 6.61 Å². The molecule has 1 rings (SSSR count). The average molecular weight is 221 g/mol.